The molecule has 5 heteroatoms. The van der Waals surface area contributed by atoms with Crippen LogP contribution >= 0.6 is 0 Å². The molecule has 5 aromatic rings. The second-order valence-corrected chi connectivity index (χ2v) is 11.0. The molecule has 3 atom stereocenters. The molecule has 5 nitrogen and oxygen atoms in total. The van der Waals surface area contributed by atoms with Gasteiger partial charge in [-0.2, -0.15) is 0 Å². The largest absolute Gasteiger partial charge is 0.489 e. The zero-order valence-corrected chi connectivity index (χ0v) is 24.3. The van der Waals surface area contributed by atoms with Crippen molar-refractivity contribution in [3.63, 3.8) is 0 Å². The molecule has 4 aromatic carbocycles. The Morgan fingerprint density at radius 2 is 1.55 bits per heavy atom. The summed E-state index contributed by atoms with van der Waals surface area (Å²) in [7, 11) is 0. The summed E-state index contributed by atoms with van der Waals surface area (Å²) in [6.45, 7) is 5.92. The molecule has 2 heterocycles. The second-order valence-electron chi connectivity index (χ2n) is 11.0. The number of para-hydroxylation sites is 1. The minimum absolute atomic E-state index is 0.0794. The molecule has 1 fully saturated rings. The third-order valence-corrected chi connectivity index (χ3v) is 8.39. The highest BCUT2D eigenvalue weighted by Gasteiger charge is 2.34. The highest BCUT2D eigenvalue weighted by atomic mass is 16.5. The SMILES string of the molecule is CCOC(=O)c1c(C(c2ccccc2)c2ccc(OCc3ccccc3)cc2)c2ccccc2n1C(C)C1CCCN1. The number of hydrogen-bond donors (Lipinski definition) is 1. The van der Waals surface area contributed by atoms with Crippen molar-refractivity contribution in [3.8, 4) is 5.75 Å². The molecule has 6 rings (SSSR count). The van der Waals surface area contributed by atoms with E-state index in [-0.39, 0.29) is 24.0 Å². The lowest BCUT2D eigenvalue weighted by Crippen LogP contribution is -2.32. The van der Waals surface area contributed by atoms with E-state index in [1.165, 1.54) is 0 Å². The van der Waals surface area contributed by atoms with Gasteiger partial charge in [0.25, 0.3) is 0 Å². The fraction of sp³-hybridized carbons (Fsp3) is 0.270. The molecule has 0 saturated carbocycles. The van der Waals surface area contributed by atoms with E-state index in [9.17, 15) is 4.79 Å². The highest BCUT2D eigenvalue weighted by Crippen LogP contribution is 2.42. The fourth-order valence-electron chi connectivity index (χ4n) is 6.38. The number of carbonyl (C=O) groups is 1. The van der Waals surface area contributed by atoms with Gasteiger partial charge in [-0.05, 0) is 68.1 Å². The normalized spacial score (nSPS) is 16.3. The van der Waals surface area contributed by atoms with Crippen LogP contribution in [0.1, 0.15) is 71.4 Å². The predicted octanol–water partition coefficient (Wildman–Crippen LogP) is 7.89. The van der Waals surface area contributed by atoms with Crippen LogP contribution in [0.3, 0.4) is 0 Å². The van der Waals surface area contributed by atoms with Crippen molar-refractivity contribution in [1.29, 1.82) is 0 Å². The van der Waals surface area contributed by atoms with Crippen LogP contribution in [-0.4, -0.2) is 29.7 Å². The third kappa shape index (κ3) is 5.57. The van der Waals surface area contributed by atoms with Gasteiger partial charge in [0, 0.05) is 34.5 Å². The van der Waals surface area contributed by atoms with Crippen molar-refractivity contribution in [1.82, 2.24) is 9.88 Å². The van der Waals surface area contributed by atoms with E-state index < -0.39 is 0 Å². The molecule has 42 heavy (non-hydrogen) atoms. The minimum atomic E-state index is -0.280. The van der Waals surface area contributed by atoms with Crippen molar-refractivity contribution in [2.24, 2.45) is 0 Å². The molecule has 214 valence electrons. The molecule has 0 spiro atoms. The monoisotopic (exact) mass is 558 g/mol. The Hall–Kier alpha value is -4.35. The molecule has 1 aliphatic heterocycles. The van der Waals surface area contributed by atoms with Crippen LogP contribution in [0.5, 0.6) is 5.75 Å². The molecule has 3 unspecified atom stereocenters. The summed E-state index contributed by atoms with van der Waals surface area (Å²) in [5.74, 6) is 0.351. The maximum absolute atomic E-state index is 13.9. The van der Waals surface area contributed by atoms with Gasteiger partial charge < -0.3 is 19.4 Å². The van der Waals surface area contributed by atoms with E-state index in [1.807, 2.05) is 43.3 Å². The summed E-state index contributed by atoms with van der Waals surface area (Å²) < 4.78 is 14.1. The number of fused-ring (bicyclic) bond motifs is 1. The van der Waals surface area contributed by atoms with E-state index in [0.717, 1.165) is 58.3 Å². The number of hydrogen-bond acceptors (Lipinski definition) is 4. The van der Waals surface area contributed by atoms with E-state index in [4.69, 9.17) is 9.47 Å². The van der Waals surface area contributed by atoms with Crippen molar-refractivity contribution >= 4 is 16.9 Å². The van der Waals surface area contributed by atoms with Crippen molar-refractivity contribution in [2.75, 3.05) is 13.2 Å². The van der Waals surface area contributed by atoms with Gasteiger partial charge in [0.2, 0.25) is 0 Å². The van der Waals surface area contributed by atoms with Crippen LogP contribution in [-0.2, 0) is 11.3 Å². The number of benzene rings is 4. The van der Waals surface area contributed by atoms with E-state index in [0.29, 0.717) is 18.9 Å². The average Bonchev–Trinajstić information content (AvgIpc) is 3.69. The van der Waals surface area contributed by atoms with Crippen LogP contribution in [0.4, 0.5) is 0 Å². The molecule has 1 saturated heterocycles. The lowest BCUT2D eigenvalue weighted by molar-refractivity contribution is 0.0510. The number of ether oxygens (including phenoxy) is 2. The Morgan fingerprint density at radius 1 is 0.881 bits per heavy atom. The molecule has 1 aliphatic rings. The Balaban J connectivity index is 1.49. The van der Waals surface area contributed by atoms with Crippen LogP contribution < -0.4 is 10.1 Å². The number of carbonyl (C=O) groups excluding carboxylic acids is 1. The number of nitrogens with one attached hydrogen (secondary N) is 1. The number of nitrogens with zero attached hydrogens (tertiary/aromatic N) is 1. The molecule has 0 radical (unpaired) electrons. The van der Waals surface area contributed by atoms with E-state index in [1.54, 1.807) is 0 Å². The maximum atomic E-state index is 13.9. The lowest BCUT2D eigenvalue weighted by Gasteiger charge is -2.26. The zero-order chi connectivity index (χ0) is 28.9. The summed E-state index contributed by atoms with van der Waals surface area (Å²) in [4.78, 5) is 13.9. The Bertz CT molecular complexity index is 1620. The molecule has 1 aromatic heterocycles. The summed E-state index contributed by atoms with van der Waals surface area (Å²) in [5, 5.41) is 4.74. The maximum Gasteiger partial charge on any atom is 0.355 e. The van der Waals surface area contributed by atoms with E-state index in [2.05, 4.69) is 89.6 Å². The summed E-state index contributed by atoms with van der Waals surface area (Å²) in [5.41, 5.74) is 6.02. The molecule has 0 bridgehead atoms. The van der Waals surface area contributed by atoms with Crippen LogP contribution in [0, 0.1) is 0 Å². The zero-order valence-electron chi connectivity index (χ0n) is 24.3. The second kappa shape index (κ2) is 12.7. The van der Waals surface area contributed by atoms with Gasteiger partial charge in [0.15, 0.2) is 0 Å². The van der Waals surface area contributed by atoms with Gasteiger partial charge in [-0.3, -0.25) is 0 Å². The predicted molar refractivity (Wildman–Crippen MR) is 168 cm³/mol. The molecule has 0 aliphatic carbocycles. The van der Waals surface area contributed by atoms with Gasteiger partial charge in [0.1, 0.15) is 18.1 Å². The summed E-state index contributed by atoms with van der Waals surface area (Å²) in [6, 6.07) is 37.7. The molecule has 0 amide bonds. The van der Waals surface area contributed by atoms with Crippen molar-refractivity contribution in [3.05, 3.63) is 137 Å². The summed E-state index contributed by atoms with van der Waals surface area (Å²) in [6.07, 6.45) is 2.22. The molecular formula is C37H38N2O3. The number of rotatable bonds is 10. The van der Waals surface area contributed by atoms with Gasteiger partial charge >= 0.3 is 5.97 Å². The first-order valence-corrected chi connectivity index (χ1v) is 15.0. The minimum Gasteiger partial charge on any atom is -0.489 e. The number of esters is 1. The van der Waals surface area contributed by atoms with Gasteiger partial charge in [-0.25, -0.2) is 4.79 Å². The Kier molecular flexibility index (Phi) is 8.38. The topological polar surface area (TPSA) is 52.5 Å². The lowest BCUT2D eigenvalue weighted by atomic mass is 9.83. The molecule has 1 N–H and O–H groups in total. The Labute approximate surface area is 248 Å². The summed E-state index contributed by atoms with van der Waals surface area (Å²) >= 11 is 0. The fourth-order valence-corrected chi connectivity index (χ4v) is 6.38. The molecular weight excluding hydrogens is 520 g/mol. The standard InChI is InChI=1S/C37H38N2O3/c1-3-41-37(40)36-35(31-17-10-11-19-33(31)39(36)26(2)32-18-12-24-38-32)34(28-15-8-5-9-16-28)29-20-22-30(23-21-29)42-25-27-13-6-4-7-14-27/h4-11,13-17,19-23,26,32,34,38H,3,12,18,24-25H2,1-2H3. The van der Waals surface area contributed by atoms with Crippen LogP contribution in [0.2, 0.25) is 0 Å². The Morgan fingerprint density at radius 3 is 2.24 bits per heavy atom. The van der Waals surface area contributed by atoms with Gasteiger partial charge in [-0.1, -0.05) is 91.0 Å². The smallest absolute Gasteiger partial charge is 0.355 e. The van der Waals surface area contributed by atoms with Crippen LogP contribution in [0.15, 0.2) is 109 Å². The number of aromatic nitrogens is 1. The first-order valence-electron chi connectivity index (χ1n) is 15.0. The third-order valence-electron chi connectivity index (χ3n) is 8.39. The van der Waals surface area contributed by atoms with Crippen molar-refractivity contribution in [2.45, 2.75) is 51.3 Å². The van der Waals surface area contributed by atoms with E-state index >= 15 is 0 Å². The van der Waals surface area contributed by atoms with Gasteiger partial charge in [0.05, 0.1) is 6.61 Å². The van der Waals surface area contributed by atoms with Crippen molar-refractivity contribution < 1.29 is 14.3 Å². The quantitative estimate of drug-likeness (QED) is 0.177. The first-order chi connectivity index (χ1) is 20.7. The van der Waals surface area contributed by atoms with Gasteiger partial charge in [-0.15, -0.1) is 0 Å². The highest BCUT2D eigenvalue weighted by molar-refractivity contribution is 6.00. The average molecular weight is 559 g/mol. The first kappa shape index (κ1) is 27.8. The van der Waals surface area contributed by atoms with Crippen LogP contribution in [0.25, 0.3) is 10.9 Å².